The average Bonchev–Trinajstić information content (AvgIpc) is 2.81. The van der Waals surface area contributed by atoms with E-state index in [1.54, 1.807) is 31.2 Å². The molecule has 1 saturated carbocycles. The van der Waals surface area contributed by atoms with Gasteiger partial charge in [0.2, 0.25) is 21.8 Å². The Labute approximate surface area is 210 Å². The van der Waals surface area contributed by atoms with E-state index in [1.807, 2.05) is 30.3 Å². The van der Waals surface area contributed by atoms with Gasteiger partial charge >= 0.3 is 0 Å². The first kappa shape index (κ1) is 26.2. The second-order valence-electron chi connectivity index (χ2n) is 8.77. The highest BCUT2D eigenvalue weighted by molar-refractivity contribution is 9.10. The van der Waals surface area contributed by atoms with Crippen molar-refractivity contribution in [1.29, 1.82) is 0 Å². The second-order valence-corrected chi connectivity index (χ2v) is 11.6. The van der Waals surface area contributed by atoms with Crippen LogP contribution in [0.4, 0.5) is 5.69 Å². The number of nitrogens with zero attached hydrogens (tertiary/aromatic N) is 2. The predicted octanol–water partition coefficient (Wildman–Crippen LogP) is 4.08. The van der Waals surface area contributed by atoms with Crippen molar-refractivity contribution in [1.82, 2.24) is 10.2 Å². The van der Waals surface area contributed by atoms with Gasteiger partial charge < -0.3 is 10.2 Å². The molecule has 3 rings (SSSR count). The molecule has 0 aromatic heterocycles. The molecule has 0 heterocycles. The molecule has 1 aliphatic rings. The largest absolute Gasteiger partial charge is 0.352 e. The first-order valence-electron chi connectivity index (χ1n) is 11.5. The molecule has 0 radical (unpaired) electrons. The third-order valence-electron chi connectivity index (χ3n) is 6.11. The van der Waals surface area contributed by atoms with E-state index < -0.39 is 28.5 Å². The summed E-state index contributed by atoms with van der Waals surface area (Å²) < 4.78 is 27.0. The Bertz CT molecular complexity index is 1070. The summed E-state index contributed by atoms with van der Waals surface area (Å²) >= 11 is 3.34. The van der Waals surface area contributed by atoms with Crippen LogP contribution in [0, 0.1) is 0 Å². The lowest BCUT2D eigenvalue weighted by atomic mass is 9.95. The van der Waals surface area contributed by atoms with Gasteiger partial charge in [0.05, 0.1) is 11.9 Å². The Hall–Kier alpha value is -2.39. The van der Waals surface area contributed by atoms with Crippen molar-refractivity contribution in [3.05, 3.63) is 64.6 Å². The van der Waals surface area contributed by atoms with E-state index in [0.29, 0.717) is 5.69 Å². The first-order valence-corrected chi connectivity index (χ1v) is 14.2. The molecule has 2 aromatic carbocycles. The van der Waals surface area contributed by atoms with Gasteiger partial charge in [0.25, 0.3) is 0 Å². The van der Waals surface area contributed by atoms with Gasteiger partial charge in [-0.25, -0.2) is 8.42 Å². The summed E-state index contributed by atoms with van der Waals surface area (Å²) in [5.41, 5.74) is 1.25. The third-order valence-corrected chi connectivity index (χ3v) is 7.78. The van der Waals surface area contributed by atoms with Crippen LogP contribution in [0.15, 0.2) is 59.1 Å². The molecule has 0 aliphatic heterocycles. The number of anilines is 1. The SMILES string of the molecule is C[C@@H](C(=O)NC1CCCCC1)N(Cc1ccccc1)C(=O)CN(c1ccc(Br)cc1)S(C)(=O)=O. The minimum atomic E-state index is -3.73. The van der Waals surface area contributed by atoms with Crippen LogP contribution in [-0.4, -0.2) is 50.0 Å². The maximum absolute atomic E-state index is 13.5. The molecule has 0 bridgehead atoms. The smallest absolute Gasteiger partial charge is 0.244 e. The molecule has 9 heteroatoms. The highest BCUT2D eigenvalue weighted by Gasteiger charge is 2.31. The Kier molecular flexibility index (Phi) is 9.13. The topological polar surface area (TPSA) is 86.8 Å². The fraction of sp³-hybridized carbons (Fsp3) is 0.440. The monoisotopic (exact) mass is 549 g/mol. The van der Waals surface area contributed by atoms with Crippen molar-refractivity contribution in [3.63, 3.8) is 0 Å². The summed E-state index contributed by atoms with van der Waals surface area (Å²) in [6.45, 7) is 1.51. The maximum Gasteiger partial charge on any atom is 0.244 e. The van der Waals surface area contributed by atoms with Crippen molar-refractivity contribution < 1.29 is 18.0 Å². The van der Waals surface area contributed by atoms with Crippen molar-refractivity contribution in [3.8, 4) is 0 Å². The number of halogens is 1. The van der Waals surface area contributed by atoms with E-state index in [2.05, 4.69) is 21.2 Å². The van der Waals surface area contributed by atoms with Crippen LogP contribution in [0.1, 0.15) is 44.6 Å². The average molecular weight is 551 g/mol. The van der Waals surface area contributed by atoms with Crippen LogP contribution >= 0.6 is 15.9 Å². The van der Waals surface area contributed by atoms with E-state index in [-0.39, 0.29) is 18.5 Å². The zero-order valence-corrected chi connectivity index (χ0v) is 22.0. The molecule has 0 saturated heterocycles. The zero-order chi connectivity index (χ0) is 24.7. The lowest BCUT2D eigenvalue weighted by Crippen LogP contribution is -2.52. The van der Waals surface area contributed by atoms with Crippen LogP contribution in [-0.2, 0) is 26.2 Å². The fourth-order valence-electron chi connectivity index (χ4n) is 4.15. The lowest BCUT2D eigenvalue weighted by molar-refractivity contribution is -0.139. The van der Waals surface area contributed by atoms with Crippen molar-refractivity contribution in [2.45, 2.75) is 57.7 Å². The molecule has 2 aromatic rings. The van der Waals surface area contributed by atoms with Gasteiger partial charge in [-0.2, -0.15) is 0 Å². The minimum absolute atomic E-state index is 0.118. The molecular weight excluding hydrogens is 518 g/mol. The first-order chi connectivity index (χ1) is 16.1. The zero-order valence-electron chi connectivity index (χ0n) is 19.6. The van der Waals surface area contributed by atoms with Crippen molar-refractivity contribution >= 4 is 43.5 Å². The molecular formula is C25H32BrN3O4S. The Morgan fingerprint density at radius 3 is 2.24 bits per heavy atom. The molecule has 1 atom stereocenters. The molecule has 0 unspecified atom stereocenters. The van der Waals surface area contributed by atoms with E-state index >= 15 is 0 Å². The summed E-state index contributed by atoms with van der Waals surface area (Å²) in [6.07, 6.45) is 6.30. The number of amides is 2. The fourth-order valence-corrected chi connectivity index (χ4v) is 5.27. The molecule has 1 N–H and O–H groups in total. The van der Waals surface area contributed by atoms with Gasteiger partial charge in [-0.05, 0) is 49.6 Å². The second kappa shape index (κ2) is 11.8. The van der Waals surface area contributed by atoms with Gasteiger partial charge in [-0.15, -0.1) is 0 Å². The summed E-state index contributed by atoms with van der Waals surface area (Å²) in [7, 11) is -3.73. The Balaban J connectivity index is 1.83. The van der Waals surface area contributed by atoms with Crippen LogP contribution in [0.25, 0.3) is 0 Å². The lowest BCUT2D eigenvalue weighted by Gasteiger charge is -2.33. The van der Waals surface area contributed by atoms with Gasteiger partial charge in [0, 0.05) is 17.1 Å². The van der Waals surface area contributed by atoms with E-state index in [9.17, 15) is 18.0 Å². The number of carbonyl (C=O) groups excluding carboxylic acids is 2. The van der Waals surface area contributed by atoms with E-state index in [4.69, 9.17) is 0 Å². The molecule has 0 spiro atoms. The normalized spacial score (nSPS) is 15.4. The highest BCUT2D eigenvalue weighted by Crippen LogP contribution is 2.22. The van der Waals surface area contributed by atoms with Crippen molar-refractivity contribution in [2.24, 2.45) is 0 Å². The highest BCUT2D eigenvalue weighted by atomic mass is 79.9. The maximum atomic E-state index is 13.5. The minimum Gasteiger partial charge on any atom is -0.352 e. The summed E-state index contributed by atoms with van der Waals surface area (Å²) in [6, 6.07) is 15.5. The number of benzene rings is 2. The van der Waals surface area contributed by atoms with Gasteiger partial charge in [-0.3, -0.25) is 13.9 Å². The molecule has 7 nitrogen and oxygen atoms in total. The predicted molar refractivity (Wildman–Crippen MR) is 138 cm³/mol. The van der Waals surface area contributed by atoms with Crippen LogP contribution in [0.2, 0.25) is 0 Å². The number of rotatable bonds is 9. The molecule has 184 valence electrons. The Morgan fingerprint density at radius 2 is 1.65 bits per heavy atom. The number of hydrogen-bond donors (Lipinski definition) is 1. The van der Waals surface area contributed by atoms with Crippen LogP contribution < -0.4 is 9.62 Å². The number of nitrogens with one attached hydrogen (secondary N) is 1. The van der Waals surface area contributed by atoms with Crippen molar-refractivity contribution in [2.75, 3.05) is 17.1 Å². The molecule has 2 amide bonds. The molecule has 34 heavy (non-hydrogen) atoms. The van der Waals surface area contributed by atoms with Crippen LogP contribution in [0.3, 0.4) is 0 Å². The number of sulfonamides is 1. The number of carbonyl (C=O) groups is 2. The summed E-state index contributed by atoms with van der Waals surface area (Å²) in [4.78, 5) is 28.1. The summed E-state index contributed by atoms with van der Waals surface area (Å²) in [5, 5.41) is 3.09. The summed E-state index contributed by atoms with van der Waals surface area (Å²) in [5.74, 6) is -0.658. The molecule has 1 fully saturated rings. The van der Waals surface area contributed by atoms with Gasteiger partial charge in [0.15, 0.2) is 0 Å². The van der Waals surface area contributed by atoms with E-state index in [1.165, 1.54) is 11.3 Å². The van der Waals surface area contributed by atoms with E-state index in [0.717, 1.165) is 46.3 Å². The van der Waals surface area contributed by atoms with Gasteiger partial charge in [0.1, 0.15) is 12.6 Å². The third kappa shape index (κ3) is 7.30. The standard InChI is InChI=1S/C25H32BrN3O4S/c1-19(25(31)27-22-11-7-4-8-12-22)28(17-20-9-5-3-6-10-20)24(30)18-29(34(2,32)33)23-15-13-21(26)14-16-23/h3,5-6,9-10,13-16,19,22H,4,7-8,11-12,17-18H2,1-2H3,(H,27,31)/t19-/m0/s1. The quantitative estimate of drug-likeness (QED) is 0.510. The van der Waals surface area contributed by atoms with Crippen LogP contribution in [0.5, 0.6) is 0 Å². The van der Waals surface area contributed by atoms with Gasteiger partial charge in [-0.1, -0.05) is 65.5 Å². The Morgan fingerprint density at radius 1 is 1.03 bits per heavy atom. The number of hydrogen-bond acceptors (Lipinski definition) is 4. The molecule has 1 aliphatic carbocycles.